The van der Waals surface area contributed by atoms with E-state index in [2.05, 4.69) is 5.32 Å². The van der Waals surface area contributed by atoms with Crippen molar-refractivity contribution in [3.05, 3.63) is 42.0 Å². The molecule has 0 radical (unpaired) electrons. The van der Waals surface area contributed by atoms with E-state index >= 15 is 0 Å². The number of hydrogen-bond donors (Lipinski definition) is 2. The molecule has 0 heterocycles. The molecule has 98 valence electrons. The summed E-state index contributed by atoms with van der Waals surface area (Å²) >= 11 is 0. The van der Waals surface area contributed by atoms with E-state index < -0.39 is 12.0 Å². The number of hydrogen-bond acceptors (Lipinski definition) is 2. The van der Waals surface area contributed by atoms with Gasteiger partial charge in [-0.25, -0.2) is 0 Å². The summed E-state index contributed by atoms with van der Waals surface area (Å²) in [6.45, 7) is 4.62. The largest absolute Gasteiger partial charge is 0.480 e. The van der Waals surface area contributed by atoms with Crippen molar-refractivity contribution in [2.45, 2.75) is 26.3 Å². The zero-order valence-corrected chi connectivity index (χ0v) is 11.0. The van der Waals surface area contributed by atoms with Gasteiger partial charge in [-0.3, -0.25) is 4.79 Å². The predicted molar refractivity (Wildman–Crippen MR) is 74.4 cm³/mol. The van der Waals surface area contributed by atoms with Crippen LogP contribution in [0.15, 0.2) is 36.4 Å². The van der Waals surface area contributed by atoms with Gasteiger partial charge in [-0.15, -0.1) is 0 Å². The maximum atomic E-state index is 11.0. The lowest BCUT2D eigenvalue weighted by molar-refractivity contribution is -0.139. The van der Waals surface area contributed by atoms with Crippen molar-refractivity contribution < 1.29 is 9.90 Å². The summed E-state index contributed by atoms with van der Waals surface area (Å²) in [5.74, 6) is -0.409. The van der Waals surface area contributed by atoms with Crippen molar-refractivity contribution in [1.82, 2.24) is 5.32 Å². The lowest BCUT2D eigenvalue weighted by Gasteiger charge is -2.15. The van der Waals surface area contributed by atoms with Gasteiger partial charge in [0, 0.05) is 6.54 Å². The molecule has 1 atom stereocenters. The lowest BCUT2D eigenvalue weighted by atomic mass is 10.0. The fourth-order valence-electron chi connectivity index (χ4n) is 1.71. The van der Waals surface area contributed by atoms with Crippen LogP contribution in [-0.4, -0.2) is 23.7 Å². The Hall–Kier alpha value is -1.61. The summed E-state index contributed by atoms with van der Waals surface area (Å²) in [6, 6.07) is 9.49. The van der Waals surface area contributed by atoms with Gasteiger partial charge in [0.2, 0.25) is 0 Å². The molecule has 1 rings (SSSR count). The summed E-state index contributed by atoms with van der Waals surface area (Å²) in [5, 5.41) is 12.1. The topological polar surface area (TPSA) is 49.3 Å². The molecule has 3 heteroatoms. The Morgan fingerprint density at radius 1 is 1.33 bits per heavy atom. The van der Waals surface area contributed by atoms with Crippen LogP contribution < -0.4 is 5.32 Å². The molecular formula is C15H21NO2. The van der Waals surface area contributed by atoms with E-state index in [0.29, 0.717) is 18.9 Å². The van der Waals surface area contributed by atoms with Crippen LogP contribution >= 0.6 is 0 Å². The standard InChI is InChI=1S/C15H21NO2/c1-12(2)11-14(15(17)18)16-10-6-9-13-7-4-3-5-8-13/h3-9,12,14,16H,10-11H2,1-2H3,(H,17,18)/b9-6+/t14-/m0/s1. The smallest absolute Gasteiger partial charge is 0.320 e. The molecule has 0 fully saturated rings. The molecule has 1 aromatic rings. The normalized spacial score (nSPS) is 13.1. The molecule has 0 unspecified atom stereocenters. The van der Waals surface area contributed by atoms with Gasteiger partial charge >= 0.3 is 5.97 Å². The maximum Gasteiger partial charge on any atom is 0.320 e. The molecule has 0 saturated carbocycles. The van der Waals surface area contributed by atoms with Crippen molar-refractivity contribution in [1.29, 1.82) is 0 Å². The molecule has 0 aliphatic carbocycles. The average molecular weight is 247 g/mol. The van der Waals surface area contributed by atoms with E-state index in [1.54, 1.807) is 0 Å². The van der Waals surface area contributed by atoms with Crippen molar-refractivity contribution in [3.8, 4) is 0 Å². The predicted octanol–water partition coefficient (Wildman–Crippen LogP) is 2.79. The van der Waals surface area contributed by atoms with Gasteiger partial charge in [0.25, 0.3) is 0 Å². The Bertz CT molecular complexity index is 385. The van der Waals surface area contributed by atoms with Gasteiger partial charge < -0.3 is 10.4 Å². The lowest BCUT2D eigenvalue weighted by Crippen LogP contribution is -2.37. The van der Waals surface area contributed by atoms with Crippen LogP contribution in [0.3, 0.4) is 0 Å². The first kappa shape index (κ1) is 14.5. The number of carbonyl (C=O) groups is 1. The summed E-state index contributed by atoms with van der Waals surface area (Å²) in [4.78, 5) is 11.0. The number of carboxylic acids is 1. The minimum Gasteiger partial charge on any atom is -0.480 e. The number of rotatable bonds is 7. The Morgan fingerprint density at radius 3 is 2.56 bits per heavy atom. The number of nitrogens with one attached hydrogen (secondary N) is 1. The van der Waals surface area contributed by atoms with E-state index in [1.807, 2.05) is 56.3 Å². The number of benzene rings is 1. The Balaban J connectivity index is 2.39. The zero-order chi connectivity index (χ0) is 13.4. The van der Waals surface area contributed by atoms with Crippen molar-refractivity contribution >= 4 is 12.0 Å². The molecule has 0 bridgehead atoms. The molecule has 3 nitrogen and oxygen atoms in total. The maximum absolute atomic E-state index is 11.0. The second-order valence-corrected chi connectivity index (χ2v) is 4.74. The third-order valence-corrected chi connectivity index (χ3v) is 2.60. The molecule has 0 spiro atoms. The summed E-state index contributed by atoms with van der Waals surface area (Å²) < 4.78 is 0. The molecule has 0 amide bonds. The Labute approximate surface area is 109 Å². The molecule has 18 heavy (non-hydrogen) atoms. The Kier molecular flexibility index (Phi) is 6.15. The number of carboxylic acid groups (broad SMARTS) is 1. The highest BCUT2D eigenvalue weighted by Crippen LogP contribution is 2.05. The molecule has 0 aliphatic heterocycles. The van der Waals surface area contributed by atoms with Crippen LogP contribution in [-0.2, 0) is 4.79 Å². The highest BCUT2D eigenvalue weighted by molar-refractivity contribution is 5.73. The van der Waals surface area contributed by atoms with Gasteiger partial charge in [-0.2, -0.15) is 0 Å². The summed E-state index contributed by atoms with van der Waals surface area (Å²) in [7, 11) is 0. The highest BCUT2D eigenvalue weighted by Gasteiger charge is 2.16. The fraction of sp³-hybridized carbons (Fsp3) is 0.400. The van der Waals surface area contributed by atoms with E-state index in [1.165, 1.54) is 0 Å². The van der Waals surface area contributed by atoms with Gasteiger partial charge in [-0.1, -0.05) is 56.3 Å². The average Bonchev–Trinajstić information content (AvgIpc) is 2.33. The van der Waals surface area contributed by atoms with Gasteiger partial charge in [0.1, 0.15) is 6.04 Å². The van der Waals surface area contributed by atoms with E-state index in [9.17, 15) is 4.79 Å². The minimum atomic E-state index is -0.781. The molecule has 2 N–H and O–H groups in total. The van der Waals surface area contributed by atoms with Crippen molar-refractivity contribution in [2.24, 2.45) is 5.92 Å². The van der Waals surface area contributed by atoms with Crippen molar-refractivity contribution in [3.63, 3.8) is 0 Å². The van der Waals surface area contributed by atoms with Gasteiger partial charge in [-0.05, 0) is 17.9 Å². The third-order valence-electron chi connectivity index (χ3n) is 2.60. The Morgan fingerprint density at radius 2 is 2.00 bits per heavy atom. The highest BCUT2D eigenvalue weighted by atomic mass is 16.4. The molecule has 0 aliphatic rings. The number of aliphatic carboxylic acids is 1. The molecule has 0 aromatic heterocycles. The van der Waals surface area contributed by atoms with E-state index in [4.69, 9.17) is 5.11 Å². The van der Waals surface area contributed by atoms with Crippen LogP contribution in [0.1, 0.15) is 25.8 Å². The van der Waals surface area contributed by atoms with E-state index in [0.717, 1.165) is 5.56 Å². The fourth-order valence-corrected chi connectivity index (χ4v) is 1.71. The molecular weight excluding hydrogens is 226 g/mol. The SMILES string of the molecule is CC(C)C[C@H](NC/C=C/c1ccccc1)C(=O)O. The van der Waals surface area contributed by atoms with Crippen LogP contribution in [0.25, 0.3) is 6.08 Å². The summed E-state index contributed by atoms with van der Waals surface area (Å²) in [5.41, 5.74) is 1.12. The van der Waals surface area contributed by atoms with Crippen LogP contribution in [0.4, 0.5) is 0 Å². The van der Waals surface area contributed by atoms with E-state index in [-0.39, 0.29) is 0 Å². The quantitative estimate of drug-likeness (QED) is 0.779. The monoisotopic (exact) mass is 247 g/mol. The second kappa shape index (κ2) is 7.67. The summed E-state index contributed by atoms with van der Waals surface area (Å²) in [6.07, 6.45) is 4.58. The van der Waals surface area contributed by atoms with Crippen molar-refractivity contribution in [2.75, 3.05) is 6.54 Å². The first-order chi connectivity index (χ1) is 8.59. The van der Waals surface area contributed by atoms with Crippen LogP contribution in [0.2, 0.25) is 0 Å². The zero-order valence-electron chi connectivity index (χ0n) is 11.0. The van der Waals surface area contributed by atoms with Gasteiger partial charge in [0.15, 0.2) is 0 Å². The first-order valence-electron chi connectivity index (χ1n) is 6.27. The first-order valence-corrected chi connectivity index (χ1v) is 6.27. The van der Waals surface area contributed by atoms with Crippen LogP contribution in [0, 0.1) is 5.92 Å². The van der Waals surface area contributed by atoms with Gasteiger partial charge in [0.05, 0.1) is 0 Å². The minimum absolute atomic E-state index is 0.372. The van der Waals surface area contributed by atoms with Crippen LogP contribution in [0.5, 0.6) is 0 Å². The molecule has 1 aromatic carbocycles. The molecule has 0 saturated heterocycles. The third kappa shape index (κ3) is 5.64. The second-order valence-electron chi connectivity index (χ2n) is 4.74.